The molecular weight excluding hydrogens is 286 g/mol. The number of ether oxygens (including phenoxy) is 2. The maximum Gasteiger partial charge on any atom is 0.411 e. The van der Waals surface area contributed by atoms with Crippen LogP contribution in [0, 0.1) is 0 Å². The van der Waals surface area contributed by atoms with Crippen LogP contribution in [0.4, 0.5) is 4.79 Å². The van der Waals surface area contributed by atoms with Crippen LogP contribution in [-0.2, 0) is 9.53 Å². The van der Waals surface area contributed by atoms with Crippen molar-refractivity contribution >= 4 is 12.1 Å². The minimum Gasteiger partial charge on any atom is -0.488 e. The smallest absolute Gasteiger partial charge is 0.411 e. The van der Waals surface area contributed by atoms with E-state index in [1.165, 1.54) is 4.90 Å². The van der Waals surface area contributed by atoms with E-state index in [1.807, 2.05) is 18.2 Å². The van der Waals surface area contributed by atoms with E-state index in [9.17, 15) is 14.7 Å². The number of aliphatic carboxylic acids is 1. The first-order valence-electron chi connectivity index (χ1n) is 7.20. The van der Waals surface area contributed by atoms with Crippen LogP contribution in [-0.4, -0.2) is 46.4 Å². The van der Waals surface area contributed by atoms with Crippen molar-refractivity contribution in [1.82, 2.24) is 4.90 Å². The summed E-state index contributed by atoms with van der Waals surface area (Å²) < 4.78 is 11.0. The van der Waals surface area contributed by atoms with Crippen molar-refractivity contribution in [2.45, 2.75) is 44.9 Å². The van der Waals surface area contributed by atoms with E-state index in [0.29, 0.717) is 5.75 Å². The van der Waals surface area contributed by atoms with Crippen molar-refractivity contribution in [3.05, 3.63) is 30.3 Å². The molecule has 0 spiro atoms. The Labute approximate surface area is 129 Å². The lowest BCUT2D eigenvalue weighted by molar-refractivity contribution is -0.142. The Morgan fingerprint density at radius 2 is 1.86 bits per heavy atom. The average Bonchev–Trinajstić information content (AvgIpc) is 2.82. The zero-order valence-electron chi connectivity index (χ0n) is 13.0. The molecule has 1 aromatic rings. The van der Waals surface area contributed by atoms with Gasteiger partial charge in [-0.1, -0.05) is 18.2 Å². The van der Waals surface area contributed by atoms with Crippen molar-refractivity contribution in [2.24, 2.45) is 0 Å². The molecule has 2 atom stereocenters. The van der Waals surface area contributed by atoms with E-state index in [2.05, 4.69) is 0 Å². The molecule has 22 heavy (non-hydrogen) atoms. The van der Waals surface area contributed by atoms with Crippen LogP contribution in [0.25, 0.3) is 0 Å². The maximum atomic E-state index is 12.2. The molecule has 1 saturated heterocycles. The predicted octanol–water partition coefficient (Wildman–Crippen LogP) is 2.53. The number of hydrogen-bond acceptors (Lipinski definition) is 4. The topological polar surface area (TPSA) is 76.1 Å². The predicted molar refractivity (Wildman–Crippen MR) is 79.8 cm³/mol. The van der Waals surface area contributed by atoms with Crippen molar-refractivity contribution in [2.75, 3.05) is 6.54 Å². The maximum absolute atomic E-state index is 12.2. The minimum atomic E-state index is -1.05. The second-order valence-corrected chi connectivity index (χ2v) is 6.28. The third-order valence-electron chi connectivity index (χ3n) is 3.22. The molecule has 1 aromatic carbocycles. The van der Waals surface area contributed by atoms with Gasteiger partial charge in [0.15, 0.2) is 0 Å². The Morgan fingerprint density at radius 1 is 1.23 bits per heavy atom. The molecule has 6 heteroatoms. The Hall–Kier alpha value is -2.24. The summed E-state index contributed by atoms with van der Waals surface area (Å²) in [7, 11) is 0. The van der Waals surface area contributed by atoms with Gasteiger partial charge >= 0.3 is 12.1 Å². The number of nitrogens with zero attached hydrogens (tertiary/aromatic N) is 1. The fourth-order valence-electron chi connectivity index (χ4n) is 2.33. The molecule has 0 bridgehead atoms. The third kappa shape index (κ3) is 4.13. The molecule has 1 N–H and O–H groups in total. The first kappa shape index (κ1) is 16.1. The summed E-state index contributed by atoms with van der Waals surface area (Å²) in [6.07, 6.45) is -0.751. The SMILES string of the molecule is CC(C)(C)OC(=O)N1C[C@@H](Oc2ccccc2)C[C@@H]1C(=O)O. The number of carboxylic acid groups (broad SMARTS) is 1. The Morgan fingerprint density at radius 3 is 2.41 bits per heavy atom. The van der Waals surface area contributed by atoms with Crippen LogP contribution in [0.15, 0.2) is 30.3 Å². The van der Waals surface area contributed by atoms with E-state index in [4.69, 9.17) is 9.47 Å². The lowest BCUT2D eigenvalue weighted by Crippen LogP contribution is -2.43. The third-order valence-corrected chi connectivity index (χ3v) is 3.22. The van der Waals surface area contributed by atoms with Gasteiger partial charge in [0.1, 0.15) is 23.5 Å². The molecule has 1 heterocycles. The molecule has 1 aliphatic rings. The van der Waals surface area contributed by atoms with Gasteiger partial charge in [-0.2, -0.15) is 0 Å². The lowest BCUT2D eigenvalue weighted by Gasteiger charge is -2.26. The van der Waals surface area contributed by atoms with Crippen LogP contribution in [0.2, 0.25) is 0 Å². The van der Waals surface area contributed by atoms with Gasteiger partial charge in [0.25, 0.3) is 0 Å². The van der Waals surface area contributed by atoms with Crippen molar-refractivity contribution in [3.63, 3.8) is 0 Å². The van der Waals surface area contributed by atoms with Gasteiger partial charge in [-0.15, -0.1) is 0 Å². The van der Waals surface area contributed by atoms with Crippen molar-refractivity contribution < 1.29 is 24.2 Å². The van der Waals surface area contributed by atoms with Crippen LogP contribution >= 0.6 is 0 Å². The Kier molecular flexibility index (Phi) is 4.59. The number of carboxylic acids is 1. The summed E-state index contributed by atoms with van der Waals surface area (Å²) >= 11 is 0. The highest BCUT2D eigenvalue weighted by Crippen LogP contribution is 2.25. The van der Waals surface area contributed by atoms with Gasteiger partial charge in [0.05, 0.1) is 6.54 Å². The first-order chi connectivity index (χ1) is 10.3. The summed E-state index contributed by atoms with van der Waals surface area (Å²) in [5, 5.41) is 9.31. The molecule has 2 rings (SSSR count). The minimum absolute atomic E-state index is 0.195. The standard InChI is InChI=1S/C16H21NO5/c1-16(2,3)22-15(20)17-10-12(9-13(17)14(18)19)21-11-7-5-4-6-8-11/h4-8,12-13H,9-10H2,1-3H3,(H,18,19)/t12-,13+/m0/s1. The number of benzene rings is 1. The summed E-state index contributed by atoms with van der Waals surface area (Å²) in [6.45, 7) is 5.43. The fraction of sp³-hybridized carbons (Fsp3) is 0.500. The van der Waals surface area contributed by atoms with Crippen LogP contribution in [0.5, 0.6) is 5.75 Å². The van der Waals surface area contributed by atoms with Gasteiger partial charge in [-0.3, -0.25) is 4.90 Å². The van der Waals surface area contributed by atoms with E-state index in [1.54, 1.807) is 32.9 Å². The Bertz CT molecular complexity index is 537. The molecule has 1 aliphatic heterocycles. The molecule has 0 aromatic heterocycles. The number of hydrogen-bond donors (Lipinski definition) is 1. The molecule has 6 nitrogen and oxygen atoms in total. The zero-order chi connectivity index (χ0) is 16.3. The highest BCUT2D eigenvalue weighted by Gasteiger charge is 2.42. The zero-order valence-corrected chi connectivity index (χ0v) is 13.0. The Balaban J connectivity index is 2.06. The number of carbonyl (C=O) groups excluding carboxylic acids is 1. The molecule has 1 fully saturated rings. The van der Waals surface area contributed by atoms with E-state index < -0.39 is 23.7 Å². The molecule has 0 unspecified atom stereocenters. The number of para-hydroxylation sites is 1. The van der Waals surface area contributed by atoms with Gasteiger partial charge in [-0.25, -0.2) is 9.59 Å². The molecule has 0 radical (unpaired) electrons. The van der Waals surface area contributed by atoms with Gasteiger partial charge in [0, 0.05) is 6.42 Å². The molecule has 1 amide bonds. The van der Waals surface area contributed by atoms with Gasteiger partial charge in [0.2, 0.25) is 0 Å². The number of carbonyl (C=O) groups is 2. The second-order valence-electron chi connectivity index (χ2n) is 6.28. The number of amides is 1. The highest BCUT2D eigenvalue weighted by molar-refractivity contribution is 5.81. The van der Waals surface area contributed by atoms with E-state index >= 15 is 0 Å². The largest absolute Gasteiger partial charge is 0.488 e. The van der Waals surface area contributed by atoms with Crippen molar-refractivity contribution in [3.8, 4) is 5.75 Å². The summed E-state index contributed by atoms with van der Waals surface area (Å²) in [5.41, 5.74) is -0.668. The molecule has 120 valence electrons. The summed E-state index contributed by atoms with van der Waals surface area (Å²) in [6, 6.07) is 8.21. The van der Waals surface area contributed by atoms with E-state index in [-0.39, 0.29) is 19.1 Å². The molecular formula is C16H21NO5. The van der Waals surface area contributed by atoms with Gasteiger partial charge < -0.3 is 14.6 Å². The average molecular weight is 307 g/mol. The lowest BCUT2D eigenvalue weighted by atomic mass is 10.2. The van der Waals surface area contributed by atoms with Crippen LogP contribution in [0.3, 0.4) is 0 Å². The summed E-state index contributed by atoms with van der Waals surface area (Å²) in [4.78, 5) is 24.8. The van der Waals surface area contributed by atoms with E-state index in [0.717, 1.165) is 0 Å². The number of rotatable bonds is 3. The summed E-state index contributed by atoms with van der Waals surface area (Å²) in [5.74, 6) is -0.396. The van der Waals surface area contributed by atoms with Crippen LogP contribution < -0.4 is 4.74 Å². The highest BCUT2D eigenvalue weighted by atomic mass is 16.6. The normalized spacial score (nSPS) is 21.5. The number of likely N-dealkylation sites (tertiary alicyclic amines) is 1. The quantitative estimate of drug-likeness (QED) is 0.928. The monoisotopic (exact) mass is 307 g/mol. The fourth-order valence-corrected chi connectivity index (χ4v) is 2.33. The van der Waals surface area contributed by atoms with Gasteiger partial charge in [-0.05, 0) is 32.9 Å². The van der Waals surface area contributed by atoms with Crippen LogP contribution in [0.1, 0.15) is 27.2 Å². The molecule has 0 aliphatic carbocycles. The second kappa shape index (κ2) is 6.25. The van der Waals surface area contributed by atoms with Crippen molar-refractivity contribution in [1.29, 1.82) is 0 Å². The first-order valence-corrected chi connectivity index (χ1v) is 7.20. The molecule has 0 saturated carbocycles.